The molecule has 0 aromatic carbocycles. The van der Waals surface area contributed by atoms with Crippen molar-refractivity contribution < 1.29 is 18.3 Å². The molecule has 1 aromatic rings. The molecule has 2 heterocycles. The van der Waals surface area contributed by atoms with Crippen LogP contribution in [0.15, 0.2) is 6.07 Å². The minimum absolute atomic E-state index is 0.107. The summed E-state index contributed by atoms with van der Waals surface area (Å²) in [6.07, 6.45) is -3.78. The number of nitrogens with zero attached hydrogens (tertiary/aromatic N) is 3. The van der Waals surface area contributed by atoms with E-state index < -0.39 is 17.2 Å². The van der Waals surface area contributed by atoms with Crippen LogP contribution in [0, 0.1) is 5.92 Å². The lowest BCUT2D eigenvalue weighted by molar-refractivity contribution is -0.141. The summed E-state index contributed by atoms with van der Waals surface area (Å²) < 4.78 is 38.0. The van der Waals surface area contributed by atoms with Crippen molar-refractivity contribution in [3.8, 4) is 0 Å². The molecule has 1 aromatic heterocycles. The van der Waals surface area contributed by atoms with Gasteiger partial charge in [-0.3, -0.25) is 0 Å². The van der Waals surface area contributed by atoms with Gasteiger partial charge in [0.25, 0.3) is 0 Å². The number of aliphatic hydroxyl groups is 1. The van der Waals surface area contributed by atoms with Crippen molar-refractivity contribution >= 4 is 17.4 Å². The van der Waals surface area contributed by atoms with Crippen LogP contribution in [0.2, 0.25) is 5.28 Å². The first-order chi connectivity index (χ1) is 8.82. The highest BCUT2D eigenvalue weighted by Gasteiger charge is 2.36. The lowest BCUT2D eigenvalue weighted by Crippen LogP contribution is -2.36. The van der Waals surface area contributed by atoms with Gasteiger partial charge in [-0.15, -0.1) is 0 Å². The lowest BCUT2D eigenvalue weighted by atomic mass is 10.0. The molecule has 1 aliphatic heterocycles. The highest BCUT2D eigenvalue weighted by molar-refractivity contribution is 6.28. The highest BCUT2D eigenvalue weighted by atomic mass is 35.5. The van der Waals surface area contributed by atoms with Crippen LogP contribution in [0.1, 0.15) is 19.0 Å². The van der Waals surface area contributed by atoms with Crippen LogP contribution < -0.4 is 4.90 Å². The SMILES string of the molecule is CC1CCN(c2cc(C(F)(F)F)nc(Cl)n2)C1CO. The topological polar surface area (TPSA) is 49.2 Å². The van der Waals surface area contributed by atoms with Crippen LogP contribution in [0.5, 0.6) is 0 Å². The van der Waals surface area contributed by atoms with Crippen molar-refractivity contribution in [3.05, 3.63) is 17.0 Å². The monoisotopic (exact) mass is 295 g/mol. The van der Waals surface area contributed by atoms with Gasteiger partial charge in [0.1, 0.15) is 5.82 Å². The number of hydrogen-bond donors (Lipinski definition) is 1. The normalized spacial score (nSPS) is 24.0. The van der Waals surface area contributed by atoms with E-state index in [4.69, 9.17) is 11.6 Å². The van der Waals surface area contributed by atoms with Gasteiger partial charge < -0.3 is 10.0 Å². The molecule has 4 nitrogen and oxygen atoms in total. The first kappa shape index (κ1) is 14.3. The predicted molar refractivity (Wildman–Crippen MR) is 64.0 cm³/mol. The average Bonchev–Trinajstić information content (AvgIpc) is 2.68. The molecule has 0 spiro atoms. The van der Waals surface area contributed by atoms with Crippen molar-refractivity contribution in [2.45, 2.75) is 25.6 Å². The summed E-state index contributed by atoms with van der Waals surface area (Å²) in [5, 5.41) is 8.88. The van der Waals surface area contributed by atoms with E-state index in [9.17, 15) is 18.3 Å². The Labute approximate surface area is 113 Å². The Hall–Kier alpha value is -1.08. The number of halogens is 4. The highest BCUT2D eigenvalue weighted by Crippen LogP contribution is 2.33. The number of hydrogen-bond acceptors (Lipinski definition) is 4. The van der Waals surface area contributed by atoms with E-state index in [-0.39, 0.29) is 24.4 Å². The standard InChI is InChI=1S/C11H13ClF3N3O/c1-6-2-3-18(7(6)5-19)9-4-8(11(13,14)15)16-10(12)17-9/h4,6-7,19H,2-3,5H2,1H3. The molecule has 1 N–H and O–H groups in total. The Kier molecular flexibility index (Phi) is 3.87. The zero-order valence-electron chi connectivity index (χ0n) is 10.2. The first-order valence-corrected chi connectivity index (χ1v) is 6.20. The van der Waals surface area contributed by atoms with Gasteiger partial charge in [0.2, 0.25) is 5.28 Å². The minimum Gasteiger partial charge on any atom is -0.394 e. The Morgan fingerprint density at radius 2 is 2.16 bits per heavy atom. The summed E-state index contributed by atoms with van der Waals surface area (Å²) in [7, 11) is 0. The minimum atomic E-state index is -4.57. The fraction of sp³-hybridized carbons (Fsp3) is 0.636. The molecule has 106 valence electrons. The van der Waals surface area contributed by atoms with Gasteiger partial charge >= 0.3 is 6.18 Å². The molecular weight excluding hydrogens is 283 g/mol. The number of aliphatic hydroxyl groups excluding tert-OH is 1. The van der Waals surface area contributed by atoms with Crippen molar-refractivity contribution in [2.75, 3.05) is 18.1 Å². The zero-order chi connectivity index (χ0) is 14.2. The fourth-order valence-corrected chi connectivity index (χ4v) is 2.45. The van der Waals surface area contributed by atoms with Crippen LogP contribution in [0.25, 0.3) is 0 Å². The fourth-order valence-electron chi connectivity index (χ4n) is 2.27. The summed E-state index contributed by atoms with van der Waals surface area (Å²) in [5.74, 6) is 0.295. The third-order valence-corrected chi connectivity index (χ3v) is 3.51. The van der Waals surface area contributed by atoms with E-state index in [0.29, 0.717) is 6.54 Å². The summed E-state index contributed by atoms with van der Waals surface area (Å²) >= 11 is 5.55. The van der Waals surface area contributed by atoms with Crippen molar-refractivity contribution in [2.24, 2.45) is 5.92 Å². The smallest absolute Gasteiger partial charge is 0.394 e. The summed E-state index contributed by atoms with van der Waals surface area (Å²) in [5.41, 5.74) is -1.07. The summed E-state index contributed by atoms with van der Waals surface area (Å²) in [4.78, 5) is 8.66. The van der Waals surface area contributed by atoms with Crippen molar-refractivity contribution in [1.29, 1.82) is 0 Å². The first-order valence-electron chi connectivity index (χ1n) is 5.82. The molecule has 0 aliphatic carbocycles. The van der Waals surface area contributed by atoms with E-state index in [1.165, 1.54) is 0 Å². The van der Waals surface area contributed by atoms with Crippen LogP contribution in [-0.2, 0) is 6.18 Å². The lowest BCUT2D eigenvalue weighted by Gasteiger charge is -2.26. The van der Waals surface area contributed by atoms with Crippen LogP contribution >= 0.6 is 11.6 Å². The maximum atomic E-state index is 12.7. The molecule has 1 saturated heterocycles. The molecule has 2 rings (SSSR count). The Bertz CT molecular complexity index is 469. The van der Waals surface area contributed by atoms with Gasteiger partial charge in [-0.05, 0) is 23.9 Å². The molecule has 2 unspecified atom stereocenters. The Balaban J connectivity index is 2.37. The van der Waals surface area contributed by atoms with Crippen molar-refractivity contribution in [1.82, 2.24) is 9.97 Å². The van der Waals surface area contributed by atoms with E-state index in [2.05, 4.69) is 9.97 Å². The van der Waals surface area contributed by atoms with Crippen LogP contribution in [0.3, 0.4) is 0 Å². The Morgan fingerprint density at radius 3 is 2.74 bits per heavy atom. The third-order valence-electron chi connectivity index (χ3n) is 3.34. The number of rotatable bonds is 2. The van der Waals surface area contributed by atoms with Crippen molar-refractivity contribution in [3.63, 3.8) is 0 Å². The third kappa shape index (κ3) is 2.92. The van der Waals surface area contributed by atoms with Crippen LogP contribution in [-0.4, -0.2) is 34.3 Å². The molecule has 1 fully saturated rings. The van der Waals surface area contributed by atoms with Gasteiger partial charge in [0.15, 0.2) is 5.69 Å². The van der Waals surface area contributed by atoms with Gasteiger partial charge in [-0.1, -0.05) is 6.92 Å². The van der Waals surface area contributed by atoms with E-state index in [0.717, 1.165) is 12.5 Å². The van der Waals surface area contributed by atoms with E-state index in [1.807, 2.05) is 6.92 Å². The molecule has 0 saturated carbocycles. The number of alkyl halides is 3. The summed E-state index contributed by atoms with van der Waals surface area (Å²) in [6, 6.07) is 0.624. The molecule has 1 aliphatic rings. The maximum Gasteiger partial charge on any atom is 0.433 e. The van der Waals surface area contributed by atoms with Crippen LogP contribution in [0.4, 0.5) is 19.0 Å². The zero-order valence-corrected chi connectivity index (χ0v) is 10.9. The summed E-state index contributed by atoms with van der Waals surface area (Å²) in [6.45, 7) is 2.34. The van der Waals surface area contributed by atoms with E-state index >= 15 is 0 Å². The molecule has 19 heavy (non-hydrogen) atoms. The second kappa shape index (κ2) is 5.13. The maximum absolute atomic E-state index is 12.7. The van der Waals surface area contributed by atoms with Gasteiger partial charge in [-0.2, -0.15) is 13.2 Å². The van der Waals surface area contributed by atoms with Gasteiger partial charge in [0, 0.05) is 12.6 Å². The molecular formula is C11H13ClF3N3O. The van der Waals surface area contributed by atoms with E-state index in [1.54, 1.807) is 4.90 Å². The molecule has 0 radical (unpaired) electrons. The molecule has 0 amide bonds. The quantitative estimate of drug-likeness (QED) is 0.851. The number of anilines is 1. The van der Waals surface area contributed by atoms with Gasteiger partial charge in [0.05, 0.1) is 12.6 Å². The molecule has 2 atom stereocenters. The second-order valence-corrected chi connectivity index (χ2v) is 4.93. The largest absolute Gasteiger partial charge is 0.433 e. The predicted octanol–water partition coefficient (Wildman–Crippen LogP) is 2.36. The Morgan fingerprint density at radius 1 is 1.47 bits per heavy atom. The molecule has 0 bridgehead atoms. The van der Waals surface area contributed by atoms with Gasteiger partial charge in [-0.25, -0.2) is 9.97 Å². The average molecular weight is 296 g/mol. The second-order valence-electron chi connectivity index (χ2n) is 4.59. The molecule has 8 heteroatoms. The number of aromatic nitrogens is 2.